The second-order valence-corrected chi connectivity index (χ2v) is 23.3. The van der Waals surface area contributed by atoms with Crippen LogP contribution in [0.3, 0.4) is 0 Å². The van der Waals surface area contributed by atoms with Crippen molar-refractivity contribution in [1.29, 1.82) is 0 Å². The van der Waals surface area contributed by atoms with Crippen LogP contribution in [0.4, 0.5) is 0 Å². The molecule has 2 N–H and O–H groups in total. The van der Waals surface area contributed by atoms with E-state index in [0.717, 1.165) is 62.8 Å². The molecule has 7 saturated heterocycles. The monoisotopic (exact) mass is 918 g/mol. The number of methoxy groups -OCH3 is 1. The molecule has 4 aromatic rings. The van der Waals surface area contributed by atoms with Gasteiger partial charge in [0.2, 0.25) is 0 Å². The zero-order valence-corrected chi connectivity index (χ0v) is 39.9. The van der Waals surface area contributed by atoms with E-state index >= 15 is 4.79 Å². The van der Waals surface area contributed by atoms with Crippen molar-refractivity contribution >= 4 is 40.0 Å². The molecule has 1 spiro atoms. The molecule has 3 aromatic heterocycles. The number of cyclic esters (lactones) is 1. The van der Waals surface area contributed by atoms with Gasteiger partial charge >= 0.3 is 5.97 Å². The number of nitrogens with one attached hydrogen (secondary N) is 2. The van der Waals surface area contributed by atoms with E-state index in [2.05, 4.69) is 82.6 Å². The van der Waals surface area contributed by atoms with Crippen LogP contribution >= 0.6 is 11.3 Å². The molecule has 10 bridgehead atoms. The van der Waals surface area contributed by atoms with Crippen LogP contribution < -0.4 is 10.7 Å². The Labute approximate surface area is 389 Å². The number of carbonyl (C=O) groups excluding carboxylic acids is 3. The number of hydrazine groups is 1. The van der Waals surface area contributed by atoms with E-state index in [4.69, 9.17) is 28.9 Å². The third-order valence-electron chi connectivity index (χ3n) is 16.8. The average molecular weight is 919 g/mol. The van der Waals surface area contributed by atoms with Crippen molar-refractivity contribution in [1.82, 2.24) is 40.1 Å². The first-order chi connectivity index (χ1) is 31.6. The molecule has 8 aliphatic heterocycles. The molecule has 10 aliphatic rings. The number of aromatic nitrogens is 3. The highest BCUT2D eigenvalue weighted by Crippen LogP contribution is 2.61. The van der Waals surface area contributed by atoms with Gasteiger partial charge in [0.05, 0.1) is 61.2 Å². The van der Waals surface area contributed by atoms with Crippen LogP contribution in [0, 0.1) is 22.2 Å². The molecule has 14 rings (SSSR count). The van der Waals surface area contributed by atoms with E-state index in [-0.39, 0.29) is 65.4 Å². The van der Waals surface area contributed by atoms with Gasteiger partial charge in [-0.3, -0.25) is 29.3 Å². The molecular weight excluding hydrogens is 857 g/mol. The zero-order valence-electron chi connectivity index (χ0n) is 39.1. The summed E-state index contributed by atoms with van der Waals surface area (Å²) in [6, 6.07) is 8.67. The van der Waals surface area contributed by atoms with Gasteiger partial charge in [-0.25, -0.2) is 10.4 Å². The van der Waals surface area contributed by atoms with E-state index in [1.807, 2.05) is 26.1 Å². The zero-order chi connectivity index (χ0) is 45.7. The van der Waals surface area contributed by atoms with Crippen LogP contribution in [0.5, 0.6) is 0 Å². The molecule has 1 aromatic carbocycles. The number of hydrogen-bond donors (Lipinski definition) is 2. The highest BCUT2D eigenvalue weighted by Gasteiger charge is 2.68. The Bertz CT molecular complexity index is 2630. The molecule has 2 saturated carbocycles. The lowest BCUT2D eigenvalue weighted by Gasteiger charge is -2.58. The molecular formula is C50H62N8O7S. The molecule has 2 aliphatic carbocycles. The lowest BCUT2D eigenvalue weighted by molar-refractivity contribution is -0.204. The third-order valence-corrected chi connectivity index (χ3v) is 17.7. The van der Waals surface area contributed by atoms with Gasteiger partial charge in [0.15, 0.2) is 0 Å². The van der Waals surface area contributed by atoms with Crippen molar-refractivity contribution in [2.45, 2.75) is 115 Å². The van der Waals surface area contributed by atoms with Crippen LogP contribution in [-0.4, -0.2) is 137 Å². The van der Waals surface area contributed by atoms with Crippen molar-refractivity contribution in [2.75, 3.05) is 60.2 Å². The largest absolute Gasteiger partial charge is 0.464 e. The van der Waals surface area contributed by atoms with Gasteiger partial charge in [0.25, 0.3) is 11.8 Å². The number of benzene rings is 1. The molecule has 350 valence electrons. The number of ether oxygens (including phenoxy) is 4. The average Bonchev–Trinajstić information content (AvgIpc) is 3.97. The van der Waals surface area contributed by atoms with Crippen LogP contribution in [0.2, 0.25) is 0 Å². The predicted molar refractivity (Wildman–Crippen MR) is 247 cm³/mol. The van der Waals surface area contributed by atoms with E-state index < -0.39 is 29.1 Å². The first kappa shape index (κ1) is 43.0. The lowest BCUT2D eigenvalue weighted by Crippen LogP contribution is -2.74. The minimum atomic E-state index is -1.01. The summed E-state index contributed by atoms with van der Waals surface area (Å²) in [5, 5.41) is 8.93. The Kier molecular flexibility index (Phi) is 9.85. The van der Waals surface area contributed by atoms with E-state index in [1.54, 1.807) is 12.1 Å². The summed E-state index contributed by atoms with van der Waals surface area (Å²) in [5.41, 5.74) is 8.92. The van der Waals surface area contributed by atoms with Crippen LogP contribution in [0.15, 0.2) is 41.9 Å². The van der Waals surface area contributed by atoms with Gasteiger partial charge in [-0.05, 0) is 88.7 Å². The van der Waals surface area contributed by atoms with E-state index in [9.17, 15) is 9.59 Å². The summed E-state index contributed by atoms with van der Waals surface area (Å²) in [5.74, 6) is -0.867. The van der Waals surface area contributed by atoms with Crippen LogP contribution in [-0.2, 0) is 39.8 Å². The Morgan fingerprint density at radius 3 is 2.52 bits per heavy atom. The van der Waals surface area contributed by atoms with Gasteiger partial charge in [0, 0.05) is 89.2 Å². The molecule has 11 heterocycles. The first-order valence-electron chi connectivity index (χ1n) is 23.9. The second-order valence-electron chi connectivity index (χ2n) is 22.4. The van der Waals surface area contributed by atoms with Gasteiger partial charge in [0.1, 0.15) is 22.7 Å². The van der Waals surface area contributed by atoms with Crippen molar-refractivity contribution in [3.8, 4) is 22.5 Å². The molecule has 9 fully saturated rings. The summed E-state index contributed by atoms with van der Waals surface area (Å²) in [6.07, 6.45) is 4.71. The fourth-order valence-corrected chi connectivity index (χ4v) is 13.8. The number of rotatable bonds is 7. The van der Waals surface area contributed by atoms with Gasteiger partial charge in [-0.2, -0.15) is 0 Å². The van der Waals surface area contributed by atoms with Gasteiger partial charge in [-0.15, -0.1) is 11.3 Å². The fourth-order valence-electron chi connectivity index (χ4n) is 12.8. The predicted octanol–water partition coefficient (Wildman–Crippen LogP) is 5.46. The quantitative estimate of drug-likeness (QED) is 0.227. The van der Waals surface area contributed by atoms with Gasteiger partial charge in [-0.1, -0.05) is 26.8 Å². The Morgan fingerprint density at radius 1 is 1.06 bits per heavy atom. The van der Waals surface area contributed by atoms with E-state index in [1.165, 1.54) is 11.3 Å². The molecule has 16 heteroatoms. The Morgan fingerprint density at radius 2 is 1.83 bits per heavy atom. The summed E-state index contributed by atoms with van der Waals surface area (Å²) < 4.78 is 26.9. The number of carbonyl (C=O) groups is 3. The van der Waals surface area contributed by atoms with Crippen molar-refractivity contribution in [2.24, 2.45) is 22.2 Å². The minimum Gasteiger partial charge on any atom is -0.464 e. The SMILES string of the molecule is CO[C@@H](C)c1ncccc1-c1c2c3cc(ccc3n1C1CN(C)C1)-c1csc(n1)[C@@H](N1CC3(COC3)C1)[C@H](NC(=O)C13CC(C)(C1)[C@@H](C)O3)C(=O)N1N[C@H](C(=O)OCC(C)(C)C2)C2CC1C2. The summed E-state index contributed by atoms with van der Waals surface area (Å²) in [7, 11) is 3.88. The number of nitrogens with zero attached hydrogens (tertiary/aromatic N) is 6. The summed E-state index contributed by atoms with van der Waals surface area (Å²) in [6.45, 7) is 15.3. The fraction of sp³-hybridized carbons (Fsp3) is 0.620. The van der Waals surface area contributed by atoms with E-state index in [0.29, 0.717) is 58.4 Å². The number of likely N-dealkylation sites (N-methyl/N-ethyl adjacent to an activating group) is 1. The van der Waals surface area contributed by atoms with Crippen molar-refractivity contribution in [3.63, 3.8) is 0 Å². The number of likely N-dealkylation sites (tertiary alicyclic amines) is 2. The standard InChI is InChI=1S/C50H62N8O7S/c1-27(62-7)38-33(9-8-12-51-38)41-35-16-47(3,4)24-64-45(60)39-30-13-31(14-30)58(54-39)44(59)40(53-46(61)50-20-48(5,21-50)28(2)65-50)42(56-22-49(23-56)25-63-26-49)43-52-36(19-66-43)29-10-11-37(34(35)15-29)57(41)32-17-55(6)18-32/h8-12,15,19,27-28,30-32,39-40,42,54H,13-14,16-18,20-26H2,1-7H3,(H,53,61)/t27-,28+,30?,31?,39-,40-,42-,48?,50?/m0/s1. The number of esters is 1. The van der Waals surface area contributed by atoms with Crippen LogP contribution in [0.25, 0.3) is 33.4 Å². The topological polar surface area (TPSA) is 153 Å². The first-order valence-corrected chi connectivity index (χ1v) is 24.8. The Hall–Kier alpha value is -4.29. The Balaban J connectivity index is 1.02. The normalized spacial score (nSPS) is 34.1. The lowest BCUT2D eigenvalue weighted by atomic mass is 9.61. The smallest absolute Gasteiger partial charge is 0.325 e. The number of pyridine rings is 1. The third kappa shape index (κ3) is 6.59. The molecule has 5 atom stereocenters. The van der Waals surface area contributed by atoms with Gasteiger partial charge < -0.3 is 33.7 Å². The molecule has 2 amide bonds. The highest BCUT2D eigenvalue weighted by molar-refractivity contribution is 7.10. The van der Waals surface area contributed by atoms with Crippen LogP contribution in [0.1, 0.15) is 94.8 Å². The summed E-state index contributed by atoms with van der Waals surface area (Å²) in [4.78, 5) is 59.5. The maximum atomic E-state index is 15.5. The molecule has 15 nitrogen and oxygen atoms in total. The number of fused-ring (bicyclic) bond motifs is 5. The maximum absolute atomic E-state index is 15.5. The summed E-state index contributed by atoms with van der Waals surface area (Å²) >= 11 is 1.53. The molecule has 0 unspecified atom stereocenters. The number of amides is 2. The minimum absolute atomic E-state index is 0.0199. The molecule has 66 heavy (non-hydrogen) atoms. The van der Waals surface area contributed by atoms with Crippen molar-refractivity contribution < 1.29 is 33.3 Å². The highest BCUT2D eigenvalue weighted by atomic mass is 32.1. The van der Waals surface area contributed by atoms with Crippen molar-refractivity contribution in [3.05, 3.63) is 58.2 Å². The number of hydrogen-bond acceptors (Lipinski definition) is 13. The second kappa shape index (κ2) is 15.1. The maximum Gasteiger partial charge on any atom is 0.325 e. The molecule has 0 radical (unpaired) electrons. The number of thiazole rings is 1.